The molecule has 1 aromatic rings. The Morgan fingerprint density at radius 3 is 3.12 bits per heavy atom. The van der Waals surface area contributed by atoms with Crippen molar-refractivity contribution in [3.05, 3.63) is 12.4 Å². The number of nitrogens with one attached hydrogen (secondary N) is 1. The van der Waals surface area contributed by atoms with Gasteiger partial charge < -0.3 is 14.8 Å². The smallest absolute Gasteiger partial charge is 0.222 e. The Morgan fingerprint density at radius 2 is 2.44 bits per heavy atom. The molecular formula is C11H18N4O. The molecule has 1 aliphatic rings. The summed E-state index contributed by atoms with van der Waals surface area (Å²) >= 11 is 0. The van der Waals surface area contributed by atoms with Crippen LogP contribution in [0.3, 0.4) is 0 Å². The number of hydrogen-bond donors (Lipinski definition) is 1. The standard InChI is InChI=1S/C11H18N4O/c1-3-15-7-6-12-11(15)13-9-4-5-10(16)14(2)8-9/h6-7,9H,3-5,8H2,1-2H3,(H,12,13). The number of carbonyl (C=O) groups is 1. The van der Waals surface area contributed by atoms with Gasteiger partial charge in [-0.25, -0.2) is 4.98 Å². The monoisotopic (exact) mass is 222 g/mol. The third-order valence-corrected chi connectivity index (χ3v) is 3.02. The summed E-state index contributed by atoms with van der Waals surface area (Å²) in [7, 11) is 1.85. The van der Waals surface area contributed by atoms with Crippen molar-refractivity contribution in [3.63, 3.8) is 0 Å². The fraction of sp³-hybridized carbons (Fsp3) is 0.636. The lowest BCUT2D eigenvalue weighted by Crippen LogP contribution is -2.43. The maximum atomic E-state index is 11.3. The number of nitrogens with zero attached hydrogens (tertiary/aromatic N) is 3. The third kappa shape index (κ3) is 2.18. The van der Waals surface area contributed by atoms with Gasteiger partial charge in [-0.3, -0.25) is 4.79 Å². The van der Waals surface area contributed by atoms with Crippen molar-refractivity contribution in [2.45, 2.75) is 32.4 Å². The molecule has 2 heterocycles. The van der Waals surface area contributed by atoms with Gasteiger partial charge in [-0.15, -0.1) is 0 Å². The highest BCUT2D eigenvalue weighted by Crippen LogP contribution is 2.14. The second-order valence-corrected chi connectivity index (χ2v) is 4.19. The molecule has 5 nitrogen and oxygen atoms in total. The topological polar surface area (TPSA) is 50.2 Å². The summed E-state index contributed by atoms with van der Waals surface area (Å²) in [5.41, 5.74) is 0. The Morgan fingerprint density at radius 1 is 1.62 bits per heavy atom. The van der Waals surface area contributed by atoms with E-state index in [1.165, 1.54) is 0 Å². The van der Waals surface area contributed by atoms with Crippen LogP contribution < -0.4 is 5.32 Å². The zero-order chi connectivity index (χ0) is 11.5. The number of hydrogen-bond acceptors (Lipinski definition) is 3. The molecule has 1 fully saturated rings. The highest BCUT2D eigenvalue weighted by molar-refractivity contribution is 5.76. The third-order valence-electron chi connectivity index (χ3n) is 3.02. The molecule has 1 aromatic heterocycles. The first kappa shape index (κ1) is 11.0. The van der Waals surface area contributed by atoms with Crippen molar-refractivity contribution in [2.75, 3.05) is 18.9 Å². The van der Waals surface area contributed by atoms with Crippen LogP contribution in [0.1, 0.15) is 19.8 Å². The number of piperidine rings is 1. The molecule has 0 spiro atoms. The number of imidazole rings is 1. The number of amides is 1. The molecular weight excluding hydrogens is 204 g/mol. The molecule has 0 radical (unpaired) electrons. The average Bonchev–Trinajstić information content (AvgIpc) is 2.71. The molecule has 1 atom stereocenters. The average molecular weight is 222 g/mol. The second-order valence-electron chi connectivity index (χ2n) is 4.19. The Balaban J connectivity index is 1.98. The number of anilines is 1. The molecule has 5 heteroatoms. The molecule has 1 unspecified atom stereocenters. The Bertz CT molecular complexity index is 374. The maximum Gasteiger partial charge on any atom is 0.222 e. The number of likely N-dealkylation sites (N-methyl/N-ethyl adjacent to an activating group) is 1. The van der Waals surface area contributed by atoms with Gasteiger partial charge >= 0.3 is 0 Å². The largest absolute Gasteiger partial charge is 0.351 e. The zero-order valence-electron chi connectivity index (χ0n) is 9.81. The molecule has 0 bridgehead atoms. The summed E-state index contributed by atoms with van der Waals surface area (Å²) in [6, 6.07) is 0.315. The van der Waals surface area contributed by atoms with Crippen LogP contribution in [0.25, 0.3) is 0 Å². The van der Waals surface area contributed by atoms with Crippen LogP contribution in [-0.2, 0) is 11.3 Å². The number of likely N-dealkylation sites (tertiary alicyclic amines) is 1. The summed E-state index contributed by atoms with van der Waals surface area (Å²) in [6.45, 7) is 3.75. The molecule has 1 saturated heterocycles. The van der Waals surface area contributed by atoms with E-state index >= 15 is 0 Å². The lowest BCUT2D eigenvalue weighted by molar-refractivity contribution is -0.132. The Kier molecular flexibility index (Phi) is 3.12. The van der Waals surface area contributed by atoms with Crippen molar-refractivity contribution >= 4 is 11.9 Å². The van der Waals surface area contributed by atoms with E-state index in [9.17, 15) is 4.79 Å². The minimum Gasteiger partial charge on any atom is -0.351 e. The number of carbonyl (C=O) groups excluding carboxylic acids is 1. The minimum atomic E-state index is 0.233. The van der Waals surface area contributed by atoms with Gasteiger partial charge in [0.1, 0.15) is 0 Å². The Labute approximate surface area is 95.5 Å². The normalized spacial score (nSPS) is 21.2. The van der Waals surface area contributed by atoms with Crippen molar-refractivity contribution in [1.29, 1.82) is 0 Å². The van der Waals surface area contributed by atoms with Crippen LogP contribution in [0.2, 0.25) is 0 Å². The van der Waals surface area contributed by atoms with Gasteiger partial charge in [0.25, 0.3) is 0 Å². The molecule has 1 aliphatic heterocycles. The van der Waals surface area contributed by atoms with Gasteiger partial charge in [0.2, 0.25) is 11.9 Å². The number of aromatic nitrogens is 2. The fourth-order valence-electron chi connectivity index (χ4n) is 2.02. The summed E-state index contributed by atoms with van der Waals surface area (Å²) < 4.78 is 2.07. The van der Waals surface area contributed by atoms with Gasteiger partial charge in [-0.1, -0.05) is 0 Å². The quantitative estimate of drug-likeness (QED) is 0.828. The zero-order valence-corrected chi connectivity index (χ0v) is 9.81. The molecule has 0 aliphatic carbocycles. The number of rotatable bonds is 3. The van der Waals surface area contributed by atoms with E-state index in [4.69, 9.17) is 0 Å². The molecule has 1 N–H and O–H groups in total. The van der Waals surface area contributed by atoms with Crippen molar-refractivity contribution in [1.82, 2.24) is 14.5 Å². The van der Waals surface area contributed by atoms with E-state index in [0.29, 0.717) is 12.5 Å². The van der Waals surface area contributed by atoms with E-state index in [0.717, 1.165) is 25.5 Å². The van der Waals surface area contributed by atoms with Crippen LogP contribution in [0.5, 0.6) is 0 Å². The van der Waals surface area contributed by atoms with Crippen molar-refractivity contribution in [3.8, 4) is 0 Å². The first-order chi connectivity index (χ1) is 7.70. The van der Waals surface area contributed by atoms with E-state index < -0.39 is 0 Å². The first-order valence-corrected chi connectivity index (χ1v) is 5.72. The van der Waals surface area contributed by atoms with Gasteiger partial charge in [0, 0.05) is 45.0 Å². The first-order valence-electron chi connectivity index (χ1n) is 5.72. The lowest BCUT2D eigenvalue weighted by Gasteiger charge is -2.30. The van der Waals surface area contributed by atoms with Gasteiger partial charge in [-0.2, -0.15) is 0 Å². The SMILES string of the molecule is CCn1ccnc1NC1CCC(=O)N(C)C1. The maximum absolute atomic E-state index is 11.3. The van der Waals surface area contributed by atoms with E-state index in [1.54, 1.807) is 11.1 Å². The van der Waals surface area contributed by atoms with Crippen molar-refractivity contribution in [2.24, 2.45) is 0 Å². The van der Waals surface area contributed by atoms with Crippen LogP contribution in [-0.4, -0.2) is 40.0 Å². The highest BCUT2D eigenvalue weighted by atomic mass is 16.2. The number of aryl methyl sites for hydroxylation is 1. The predicted molar refractivity (Wildman–Crippen MR) is 62.2 cm³/mol. The van der Waals surface area contributed by atoms with Crippen LogP contribution in [0.15, 0.2) is 12.4 Å². The second kappa shape index (κ2) is 4.55. The van der Waals surface area contributed by atoms with E-state index in [1.807, 2.05) is 13.2 Å². The van der Waals surface area contributed by atoms with Gasteiger partial charge in [-0.05, 0) is 13.3 Å². The Hall–Kier alpha value is -1.52. The molecule has 88 valence electrons. The molecule has 16 heavy (non-hydrogen) atoms. The minimum absolute atomic E-state index is 0.233. The van der Waals surface area contributed by atoms with Crippen molar-refractivity contribution < 1.29 is 4.79 Å². The van der Waals surface area contributed by atoms with Crippen LogP contribution in [0, 0.1) is 0 Å². The highest BCUT2D eigenvalue weighted by Gasteiger charge is 2.23. The van der Waals surface area contributed by atoms with Crippen LogP contribution in [0.4, 0.5) is 5.95 Å². The summed E-state index contributed by atoms with van der Waals surface area (Å²) in [6.07, 6.45) is 5.27. The molecule has 1 amide bonds. The van der Waals surface area contributed by atoms with Gasteiger partial charge in [0.15, 0.2) is 0 Å². The lowest BCUT2D eigenvalue weighted by atomic mass is 10.1. The summed E-state index contributed by atoms with van der Waals surface area (Å²) in [5, 5.41) is 3.39. The molecule has 0 aromatic carbocycles. The summed E-state index contributed by atoms with van der Waals surface area (Å²) in [5.74, 6) is 1.13. The van der Waals surface area contributed by atoms with E-state index in [2.05, 4.69) is 21.8 Å². The molecule has 2 rings (SSSR count). The van der Waals surface area contributed by atoms with E-state index in [-0.39, 0.29) is 5.91 Å². The molecule has 0 saturated carbocycles. The van der Waals surface area contributed by atoms with Crippen LogP contribution >= 0.6 is 0 Å². The van der Waals surface area contributed by atoms with Gasteiger partial charge in [0.05, 0.1) is 0 Å². The fourth-order valence-corrected chi connectivity index (χ4v) is 2.02. The predicted octanol–water partition coefficient (Wildman–Crippen LogP) is 0.936. The summed E-state index contributed by atoms with van der Waals surface area (Å²) in [4.78, 5) is 17.4.